The summed E-state index contributed by atoms with van der Waals surface area (Å²) in [7, 11) is -10.0. The van der Waals surface area contributed by atoms with E-state index in [2.05, 4.69) is 33.0 Å². The van der Waals surface area contributed by atoms with Gasteiger partial charge in [-0.05, 0) is 63.2 Å². The largest absolute Gasteiger partial charge is 0.472 e. The van der Waals surface area contributed by atoms with E-state index in [1.807, 2.05) is 31.2 Å². The minimum absolute atomic E-state index is 0.0121. The molecule has 2 aromatic heterocycles. The lowest BCUT2D eigenvalue weighted by molar-refractivity contribution is -0.120. The number of aliphatic hydroxyl groups is 1. The lowest BCUT2D eigenvalue weighted by Gasteiger charge is -2.33. The summed E-state index contributed by atoms with van der Waals surface area (Å²) in [6.45, 7) is 5.36. The van der Waals surface area contributed by atoms with Gasteiger partial charge in [0.25, 0.3) is 11.1 Å². The number of aromatic nitrogens is 4. The van der Waals surface area contributed by atoms with E-state index in [1.165, 1.54) is 45.5 Å². The Morgan fingerprint density at radius 1 is 0.792 bits per heavy atom. The fraction of sp³-hybridized carbons (Fsp3) is 0.612. The monoisotopic (exact) mass is 1120 g/mol. The predicted molar refractivity (Wildman–Crippen MR) is 277 cm³/mol. The van der Waals surface area contributed by atoms with E-state index in [4.69, 9.17) is 37.4 Å². The number of nitrogens with one attached hydrogen (secondary N) is 5. The van der Waals surface area contributed by atoms with Crippen LogP contribution in [0.4, 0.5) is 4.79 Å². The highest BCUT2D eigenvalue weighted by Gasteiger charge is 2.45. The Labute approximate surface area is 443 Å². The molecule has 6 unspecified atom stereocenters. The van der Waals surface area contributed by atoms with Gasteiger partial charge in [-0.25, -0.2) is 23.5 Å². The molecule has 2 saturated heterocycles. The number of ether oxygens (including phenoxy) is 3. The van der Waals surface area contributed by atoms with Gasteiger partial charge >= 0.3 is 33.1 Å². The standard InChI is InChI=1S/C49H70N8O18P2/c1-5-6-7-8-11-18-50-41(59)21-32-14-16-33(17-15-32)44-35-13-10-9-12-34(22-36(35)31(4)54-55-44)72-49(64)51-19-20-69-76(65,66)70-28-40-38(24-43(74-40)57-26-30(3)46(61)53-48(57)63)75-77(67,68)71-27-39-37(58)23-42(73-39)56-25-29(2)45(60)52-47(56)62/h14-17,25-26,34-35,37-40,42-43,54,58H,5-13,18-24,27-28H2,1-4H3,(H,50,59)(H,51,64)(H,65,66)(H,67,68)(H,52,60,62)(H,53,61,63)/t34?,35?,37?,38?,39-,40-,42-,43-/m1/s1. The van der Waals surface area contributed by atoms with Gasteiger partial charge in [0.1, 0.15) is 36.9 Å². The second kappa shape index (κ2) is 27.0. The molecule has 3 fully saturated rings. The molecule has 26 nitrogen and oxygen atoms in total. The van der Waals surface area contributed by atoms with Crippen LogP contribution in [-0.2, 0) is 52.7 Å². The smallest absolute Gasteiger partial charge is 0.446 e. The summed E-state index contributed by atoms with van der Waals surface area (Å²) in [5, 5.41) is 20.9. The molecule has 0 bridgehead atoms. The predicted octanol–water partition coefficient (Wildman–Crippen LogP) is 3.86. The zero-order valence-corrected chi connectivity index (χ0v) is 45.3. The number of nitrogens with zero attached hydrogens (tertiary/aromatic N) is 3. The molecule has 1 aromatic carbocycles. The molecule has 28 heteroatoms. The molecule has 0 spiro atoms. The van der Waals surface area contributed by atoms with Crippen molar-refractivity contribution < 1.29 is 65.9 Å². The minimum Gasteiger partial charge on any atom is -0.446 e. The Bertz CT molecular complexity index is 2960. The molecule has 424 valence electrons. The summed E-state index contributed by atoms with van der Waals surface area (Å²) < 4.78 is 66.9. The number of fused-ring (bicyclic) bond motifs is 1. The highest BCUT2D eigenvalue weighted by molar-refractivity contribution is 7.47. The number of hydrogen-bond donors (Lipinski definition) is 8. The maximum absolute atomic E-state index is 13.4. The number of hydrazone groups is 1. The highest BCUT2D eigenvalue weighted by atomic mass is 31.2. The molecule has 0 radical (unpaired) electrons. The number of benzene rings is 1. The normalized spacial score (nSPS) is 25.1. The van der Waals surface area contributed by atoms with Crippen LogP contribution in [-0.4, -0.2) is 115 Å². The summed E-state index contributed by atoms with van der Waals surface area (Å²) in [6.07, 6.45) is 2.38. The van der Waals surface area contributed by atoms with Crippen LogP contribution in [0, 0.1) is 19.8 Å². The molecule has 5 heterocycles. The number of unbranched alkanes of at least 4 members (excludes halogenated alkanes) is 4. The first-order chi connectivity index (χ1) is 36.7. The summed E-state index contributed by atoms with van der Waals surface area (Å²) in [6, 6.07) is 7.85. The molecule has 7 rings (SSSR count). The lowest BCUT2D eigenvalue weighted by Crippen LogP contribution is -2.35. The van der Waals surface area contributed by atoms with Crippen LogP contribution in [0.1, 0.15) is 126 Å². The zero-order chi connectivity index (χ0) is 55.4. The van der Waals surface area contributed by atoms with Crippen molar-refractivity contribution >= 4 is 33.4 Å². The van der Waals surface area contributed by atoms with Crippen LogP contribution in [0.5, 0.6) is 0 Å². The van der Waals surface area contributed by atoms with Gasteiger partial charge in [-0.1, -0.05) is 63.3 Å². The fourth-order valence-corrected chi connectivity index (χ4v) is 11.3. The first-order valence-corrected chi connectivity index (χ1v) is 28.9. The molecule has 3 aliphatic heterocycles. The van der Waals surface area contributed by atoms with Crippen molar-refractivity contribution in [2.75, 3.05) is 32.9 Å². The number of hydrogen-bond acceptors (Lipinski definition) is 18. The number of H-pyrrole nitrogens is 2. The Kier molecular flexibility index (Phi) is 20.8. The fourth-order valence-electron chi connectivity index (χ4n) is 9.61. The van der Waals surface area contributed by atoms with E-state index in [0.29, 0.717) is 19.4 Å². The summed E-state index contributed by atoms with van der Waals surface area (Å²) >= 11 is 0. The van der Waals surface area contributed by atoms with E-state index < -0.39 is 107 Å². The van der Waals surface area contributed by atoms with Gasteiger partial charge in [0, 0.05) is 67.5 Å². The average Bonchev–Trinajstić information content (AvgIpc) is 3.95. The van der Waals surface area contributed by atoms with Crippen molar-refractivity contribution in [2.45, 2.75) is 154 Å². The molecule has 3 aromatic rings. The zero-order valence-electron chi connectivity index (χ0n) is 43.5. The molecule has 4 aliphatic rings. The van der Waals surface area contributed by atoms with Gasteiger partial charge in [0.05, 0.1) is 38.1 Å². The third-order valence-electron chi connectivity index (χ3n) is 13.8. The molecular formula is C49H70N8O18P2. The third kappa shape index (κ3) is 16.6. The number of rotatable bonds is 24. The average molecular weight is 1120 g/mol. The Balaban J connectivity index is 0.883. The summed E-state index contributed by atoms with van der Waals surface area (Å²) in [5.74, 6) is -0.0437. The van der Waals surface area contributed by atoms with Crippen LogP contribution in [0.15, 0.2) is 72.2 Å². The number of carbonyl (C=O) groups excluding carboxylic acids is 2. The maximum Gasteiger partial charge on any atom is 0.472 e. The molecule has 77 heavy (non-hydrogen) atoms. The Hall–Kier alpha value is -5.37. The Morgan fingerprint density at radius 3 is 2.10 bits per heavy atom. The van der Waals surface area contributed by atoms with Crippen molar-refractivity contribution in [3.8, 4) is 0 Å². The van der Waals surface area contributed by atoms with Crippen molar-refractivity contribution in [3.05, 3.63) is 112 Å². The Morgan fingerprint density at radius 2 is 1.42 bits per heavy atom. The van der Waals surface area contributed by atoms with Gasteiger partial charge in [0.15, 0.2) is 0 Å². The second-order valence-electron chi connectivity index (χ2n) is 19.7. The van der Waals surface area contributed by atoms with Crippen LogP contribution in [0.2, 0.25) is 0 Å². The summed E-state index contributed by atoms with van der Waals surface area (Å²) in [4.78, 5) is 101. The van der Waals surface area contributed by atoms with Crippen LogP contribution in [0.3, 0.4) is 0 Å². The van der Waals surface area contributed by atoms with Crippen LogP contribution < -0.4 is 38.6 Å². The van der Waals surface area contributed by atoms with Crippen molar-refractivity contribution in [1.82, 2.24) is 35.2 Å². The number of phosphoric acid groups is 2. The molecule has 1 aliphatic carbocycles. The van der Waals surface area contributed by atoms with Crippen molar-refractivity contribution in [3.63, 3.8) is 0 Å². The molecule has 2 amide bonds. The van der Waals surface area contributed by atoms with Gasteiger partial charge < -0.3 is 39.7 Å². The number of amides is 2. The van der Waals surface area contributed by atoms with Crippen molar-refractivity contribution in [2.24, 2.45) is 11.0 Å². The number of phosphoric ester groups is 2. The van der Waals surface area contributed by atoms with Gasteiger partial charge in [0.2, 0.25) is 5.91 Å². The van der Waals surface area contributed by atoms with Gasteiger partial charge in [-0.3, -0.25) is 57.0 Å². The SMILES string of the molecule is CCCCCCCNC(=O)Cc1ccc(C2=NNC(C)=C3CC(OC(=O)NCCOP(=O)(O)OC[C@H]4O[C@@H](n5cc(C)c(=O)[nH]c5=O)CC4OP(=O)(O)OC[C@H]4O[C@@H](n5cc(C)c(=O)[nH]c5=O)CC4O)CCCCC23)cc1. The number of allylic oxidation sites excluding steroid dienone is 1. The van der Waals surface area contributed by atoms with Gasteiger partial charge in [-0.15, -0.1) is 0 Å². The first-order valence-electron chi connectivity index (χ1n) is 25.9. The molecular weight excluding hydrogens is 1050 g/mol. The first kappa shape index (κ1) is 59.3. The van der Waals surface area contributed by atoms with Crippen LogP contribution >= 0.6 is 15.6 Å². The molecule has 10 atom stereocenters. The second-order valence-corrected chi connectivity index (χ2v) is 22.5. The van der Waals surface area contributed by atoms with E-state index in [-0.39, 0.29) is 48.8 Å². The minimum atomic E-state index is -5.10. The number of aryl methyl sites for hydroxylation is 2. The van der Waals surface area contributed by atoms with Gasteiger partial charge in [-0.2, -0.15) is 5.10 Å². The quantitative estimate of drug-likeness (QED) is 0.0466. The summed E-state index contributed by atoms with van der Waals surface area (Å²) in [5.41, 5.74) is 5.11. The van der Waals surface area contributed by atoms with E-state index in [1.54, 1.807) is 0 Å². The molecule has 8 N–H and O–H groups in total. The van der Waals surface area contributed by atoms with Crippen molar-refractivity contribution in [1.29, 1.82) is 0 Å². The molecule has 1 saturated carbocycles. The van der Waals surface area contributed by atoms with E-state index in [9.17, 15) is 52.8 Å². The number of aliphatic hydroxyl groups excluding tert-OH is 1. The maximum atomic E-state index is 13.4. The number of carbonyl (C=O) groups is 2. The van der Waals surface area contributed by atoms with Crippen LogP contribution in [0.25, 0.3) is 0 Å². The number of aromatic amines is 2. The lowest BCUT2D eigenvalue weighted by atomic mass is 9.79. The van der Waals surface area contributed by atoms with E-state index in [0.717, 1.165) is 69.3 Å². The third-order valence-corrected chi connectivity index (χ3v) is 15.8. The topological polar surface area (TPSA) is 352 Å². The number of alkyl carbamates (subject to hydrolysis) is 1. The highest BCUT2D eigenvalue weighted by Crippen LogP contribution is 2.50. The van der Waals surface area contributed by atoms with E-state index >= 15 is 0 Å².